The van der Waals surface area contributed by atoms with Crippen molar-refractivity contribution in [1.29, 1.82) is 0 Å². The number of thiophene rings is 2. The maximum Gasteiger partial charge on any atom is 0.164 e. The quantitative estimate of drug-likeness (QED) is 0.128. The SMILES string of the molecule is c1ccc(-c2nc(-c3ccc4ccccc4c3)nc(-c3ccc4c(c3)sc3cc(C5(c6ccccc6)c6ccccc6-c6ccccc65)ccc34)n2)cc1.c1ccc(C2(c3ccc4c(c3)sc3cc(-c5nc(-c6ccc(-c7ccc8ccccc8c7)cc6)nc(-c6ccc7ccccc7c6)n5)ccc34)c3ccccc3-c3ccccc32)cc1. The molecular formula is C110H68N6S2. The number of benzene rings is 18. The Kier molecular flexibility index (Phi) is 16.3. The summed E-state index contributed by atoms with van der Waals surface area (Å²) < 4.78 is 4.91. The molecule has 4 aromatic heterocycles. The van der Waals surface area contributed by atoms with Crippen LogP contribution in [0.4, 0.5) is 0 Å². The van der Waals surface area contributed by atoms with E-state index in [9.17, 15) is 0 Å². The van der Waals surface area contributed by atoms with Crippen molar-refractivity contribution in [2.75, 3.05) is 0 Å². The van der Waals surface area contributed by atoms with E-state index in [1.807, 2.05) is 40.9 Å². The highest BCUT2D eigenvalue weighted by molar-refractivity contribution is 7.26. The van der Waals surface area contributed by atoms with E-state index in [1.54, 1.807) is 0 Å². The fourth-order valence-corrected chi connectivity index (χ4v) is 21.0. The Morgan fingerprint density at radius 3 is 0.797 bits per heavy atom. The van der Waals surface area contributed by atoms with Crippen LogP contribution in [0.5, 0.6) is 0 Å². The highest BCUT2D eigenvalue weighted by Crippen LogP contribution is 2.59. The van der Waals surface area contributed by atoms with Gasteiger partial charge in [-0.2, -0.15) is 0 Å². The normalized spacial score (nSPS) is 12.9. The van der Waals surface area contributed by atoms with Gasteiger partial charge in [-0.15, -0.1) is 22.7 Å². The summed E-state index contributed by atoms with van der Waals surface area (Å²) in [4.78, 5) is 30.7. The molecule has 22 aromatic rings. The molecule has 550 valence electrons. The Morgan fingerprint density at radius 2 is 0.415 bits per heavy atom. The van der Waals surface area contributed by atoms with Crippen molar-refractivity contribution in [3.8, 4) is 102 Å². The second-order valence-corrected chi connectivity index (χ2v) is 32.9. The van der Waals surface area contributed by atoms with Crippen LogP contribution in [0.2, 0.25) is 0 Å². The Labute approximate surface area is 689 Å². The summed E-state index contributed by atoms with van der Waals surface area (Å²) in [7, 11) is 0. The molecule has 18 aromatic carbocycles. The first kappa shape index (κ1) is 68.8. The van der Waals surface area contributed by atoms with Gasteiger partial charge in [0.1, 0.15) is 0 Å². The van der Waals surface area contributed by atoms with E-state index in [2.05, 4.69) is 394 Å². The Hall–Kier alpha value is -14.8. The van der Waals surface area contributed by atoms with Gasteiger partial charge in [0.15, 0.2) is 34.9 Å². The predicted octanol–water partition coefficient (Wildman–Crippen LogP) is 28.3. The van der Waals surface area contributed by atoms with Crippen LogP contribution in [0.1, 0.15) is 44.5 Å². The van der Waals surface area contributed by atoms with Gasteiger partial charge in [0.25, 0.3) is 0 Å². The maximum atomic E-state index is 5.20. The first-order valence-electron chi connectivity index (χ1n) is 40.0. The molecule has 0 saturated carbocycles. The zero-order valence-corrected chi connectivity index (χ0v) is 65.4. The molecule has 0 bridgehead atoms. The average Bonchev–Trinajstić information content (AvgIpc) is 1.54. The minimum absolute atomic E-state index is 0.429. The van der Waals surface area contributed by atoms with Gasteiger partial charge in [-0.1, -0.05) is 370 Å². The van der Waals surface area contributed by atoms with Crippen molar-refractivity contribution in [2.24, 2.45) is 0 Å². The minimum Gasteiger partial charge on any atom is -0.208 e. The monoisotopic (exact) mass is 1540 g/mol. The summed E-state index contributed by atoms with van der Waals surface area (Å²) in [6, 6.07) is 149. The minimum atomic E-state index is -0.446. The Balaban J connectivity index is 0.000000140. The first-order chi connectivity index (χ1) is 58.4. The molecular weight excluding hydrogens is 1470 g/mol. The van der Waals surface area contributed by atoms with E-state index in [4.69, 9.17) is 29.9 Å². The van der Waals surface area contributed by atoms with Gasteiger partial charge in [-0.3, -0.25) is 0 Å². The number of aromatic nitrogens is 6. The van der Waals surface area contributed by atoms with Crippen LogP contribution in [-0.2, 0) is 10.8 Å². The van der Waals surface area contributed by atoms with Crippen LogP contribution < -0.4 is 0 Å². The average molecular weight is 1540 g/mol. The molecule has 0 amide bonds. The van der Waals surface area contributed by atoms with Crippen LogP contribution in [0.3, 0.4) is 0 Å². The first-order valence-corrected chi connectivity index (χ1v) is 41.6. The molecule has 0 radical (unpaired) electrons. The second kappa shape index (κ2) is 28.0. The lowest BCUT2D eigenvalue weighted by atomic mass is 9.67. The molecule has 24 rings (SSSR count). The topological polar surface area (TPSA) is 77.3 Å². The largest absolute Gasteiger partial charge is 0.208 e. The fourth-order valence-electron chi connectivity index (χ4n) is 18.7. The van der Waals surface area contributed by atoms with Gasteiger partial charge in [0.05, 0.1) is 10.8 Å². The maximum absolute atomic E-state index is 5.20. The summed E-state index contributed by atoms with van der Waals surface area (Å²) in [5, 5.41) is 12.1. The van der Waals surface area contributed by atoms with E-state index in [0.717, 1.165) is 49.7 Å². The van der Waals surface area contributed by atoms with Crippen molar-refractivity contribution < 1.29 is 0 Å². The van der Waals surface area contributed by atoms with E-state index in [0.29, 0.717) is 34.9 Å². The van der Waals surface area contributed by atoms with Crippen LogP contribution >= 0.6 is 22.7 Å². The molecule has 6 nitrogen and oxygen atoms in total. The molecule has 0 saturated heterocycles. The van der Waals surface area contributed by atoms with Crippen LogP contribution in [-0.4, -0.2) is 29.9 Å². The molecule has 0 atom stereocenters. The lowest BCUT2D eigenvalue weighted by molar-refractivity contribution is 0.770. The molecule has 0 unspecified atom stereocenters. The molecule has 2 aliphatic rings. The molecule has 118 heavy (non-hydrogen) atoms. The Bertz CT molecular complexity index is 7670. The van der Waals surface area contributed by atoms with Crippen LogP contribution in [0.25, 0.3) is 174 Å². The second-order valence-electron chi connectivity index (χ2n) is 30.7. The highest BCUT2D eigenvalue weighted by Gasteiger charge is 2.48. The van der Waals surface area contributed by atoms with Gasteiger partial charge in [0.2, 0.25) is 0 Å². The van der Waals surface area contributed by atoms with Crippen molar-refractivity contribution in [1.82, 2.24) is 29.9 Å². The predicted molar refractivity (Wildman–Crippen MR) is 491 cm³/mol. The molecule has 0 aliphatic heterocycles. The smallest absolute Gasteiger partial charge is 0.164 e. The van der Waals surface area contributed by atoms with Crippen molar-refractivity contribution in [2.45, 2.75) is 10.8 Å². The molecule has 2 aliphatic carbocycles. The van der Waals surface area contributed by atoms with Gasteiger partial charge < -0.3 is 0 Å². The van der Waals surface area contributed by atoms with Crippen LogP contribution in [0, 0.1) is 0 Å². The van der Waals surface area contributed by atoms with Crippen molar-refractivity contribution in [3.05, 3.63) is 457 Å². The summed E-state index contributed by atoms with van der Waals surface area (Å²) >= 11 is 3.66. The van der Waals surface area contributed by atoms with Gasteiger partial charge in [0, 0.05) is 73.7 Å². The molecule has 8 heteroatoms. The van der Waals surface area contributed by atoms with Gasteiger partial charge >= 0.3 is 0 Å². The summed E-state index contributed by atoms with van der Waals surface area (Å²) in [6.45, 7) is 0. The zero-order chi connectivity index (χ0) is 77.8. The molecule has 4 heterocycles. The third kappa shape index (κ3) is 11.3. The van der Waals surface area contributed by atoms with Crippen molar-refractivity contribution >= 4 is 95.3 Å². The van der Waals surface area contributed by atoms with E-state index < -0.39 is 10.8 Å². The lowest BCUT2D eigenvalue weighted by Gasteiger charge is -2.33. The van der Waals surface area contributed by atoms with E-state index in [-0.39, 0.29) is 0 Å². The summed E-state index contributed by atoms with van der Waals surface area (Å²) in [6.07, 6.45) is 0. The number of nitrogens with zero attached hydrogens (tertiary/aromatic N) is 6. The van der Waals surface area contributed by atoms with Crippen molar-refractivity contribution in [3.63, 3.8) is 0 Å². The molecule has 0 fully saturated rings. The van der Waals surface area contributed by atoms with Gasteiger partial charge in [-0.05, 0) is 153 Å². The number of rotatable bonds is 11. The standard InChI is InChI=1S/C60H37N3S.C50H31N3S/c1-2-16-47(17-3-1)60(53-20-10-8-18-49(53)50-19-9-11-21-54(50)60)48-31-33-52-51-32-30-46(36-55(51)64-56(52)37-48)59-62-57(61-58(63-59)45-29-25-39-13-5-7-15-43(39)35-45)41-26-22-40(23-27-41)44-28-24-38-12-4-6-14-42(38)34-44;1-3-14-33(15-4-1)47-51-48(35-24-23-32-13-7-8-16-34(32)29-35)53-49(52-47)36-25-27-41-42-28-26-38(31-46(42)54-45(41)30-36)50(37-17-5-2-6-18-37)43-21-11-9-19-39(43)40-20-10-12-22-44(40)50/h1-37H;1-31H. The molecule has 0 spiro atoms. The van der Waals surface area contributed by atoms with Gasteiger partial charge in [-0.25, -0.2) is 29.9 Å². The highest BCUT2D eigenvalue weighted by atomic mass is 32.1. The summed E-state index contributed by atoms with van der Waals surface area (Å²) in [5.41, 5.74) is 22.8. The number of hydrogen-bond donors (Lipinski definition) is 0. The zero-order valence-electron chi connectivity index (χ0n) is 63.8. The van der Waals surface area contributed by atoms with Crippen LogP contribution in [0.15, 0.2) is 413 Å². The Morgan fingerprint density at radius 1 is 0.161 bits per heavy atom. The fraction of sp³-hybridized carbons (Fsp3) is 0.0182. The number of hydrogen-bond acceptors (Lipinski definition) is 8. The third-order valence-corrected chi connectivity index (χ3v) is 26.4. The lowest BCUT2D eigenvalue weighted by Crippen LogP contribution is -2.28. The number of fused-ring (bicyclic) bond motifs is 15. The van der Waals surface area contributed by atoms with E-state index >= 15 is 0 Å². The third-order valence-electron chi connectivity index (χ3n) is 24.2. The van der Waals surface area contributed by atoms with E-state index in [1.165, 1.54) is 134 Å². The molecule has 0 N–H and O–H groups in total. The summed E-state index contributed by atoms with van der Waals surface area (Å²) in [5.74, 6) is 3.92.